The van der Waals surface area contributed by atoms with Crippen molar-refractivity contribution in [2.45, 2.75) is 6.17 Å². The normalized spacial score (nSPS) is 14.3. The lowest BCUT2D eigenvalue weighted by Crippen LogP contribution is -2.45. The molecule has 0 aliphatic carbocycles. The molecule has 1 aliphatic heterocycles. The summed E-state index contributed by atoms with van der Waals surface area (Å²) in [6, 6.07) is 25.5. The van der Waals surface area contributed by atoms with E-state index in [1.165, 1.54) is 12.1 Å². The number of anilines is 2. The molecule has 0 saturated carbocycles. The van der Waals surface area contributed by atoms with Gasteiger partial charge in [0.1, 0.15) is 0 Å². The quantitative estimate of drug-likeness (QED) is 0.382. The number of carbonyl (C=O) groups excluding carboxylic acids is 1. The summed E-state index contributed by atoms with van der Waals surface area (Å²) in [4.78, 5) is 28.2. The van der Waals surface area contributed by atoms with E-state index in [1.54, 1.807) is 12.1 Å². The summed E-state index contributed by atoms with van der Waals surface area (Å²) >= 11 is 0. The van der Waals surface area contributed by atoms with Crippen molar-refractivity contribution >= 4 is 22.8 Å². The van der Waals surface area contributed by atoms with Gasteiger partial charge in [0, 0.05) is 42.2 Å². The molecule has 0 bridgehead atoms. The van der Waals surface area contributed by atoms with Crippen LogP contribution in [0.5, 0.6) is 0 Å². The van der Waals surface area contributed by atoms with Gasteiger partial charge in [-0.3, -0.25) is 14.9 Å². The third kappa shape index (κ3) is 3.32. The molecule has 0 radical (unpaired) electrons. The van der Waals surface area contributed by atoms with Crippen LogP contribution >= 0.6 is 0 Å². The molecular weight excluding hydrogens is 354 g/mol. The summed E-state index contributed by atoms with van der Waals surface area (Å²) in [5.41, 5.74) is 2.15. The van der Waals surface area contributed by atoms with Crippen LogP contribution in [-0.2, 0) is 0 Å². The predicted octanol–water partition coefficient (Wildman–Crippen LogP) is 4.13. The third-order valence-electron chi connectivity index (χ3n) is 4.92. The summed E-state index contributed by atoms with van der Waals surface area (Å²) in [5, 5.41) is 11.1. The number of hydrogen-bond acceptors (Lipinski definition) is 5. The third-order valence-corrected chi connectivity index (χ3v) is 4.92. The molecule has 0 N–H and O–H groups in total. The Morgan fingerprint density at radius 1 is 0.821 bits per heavy atom. The molecule has 0 spiro atoms. The highest BCUT2D eigenvalue weighted by molar-refractivity contribution is 6.04. The Bertz CT molecular complexity index is 945. The van der Waals surface area contributed by atoms with Gasteiger partial charge in [-0.25, -0.2) is 0 Å². The summed E-state index contributed by atoms with van der Waals surface area (Å²) in [5.74, 6) is -0.158. The second kappa shape index (κ2) is 7.52. The van der Waals surface area contributed by atoms with E-state index < -0.39 is 11.1 Å². The molecule has 140 valence electrons. The zero-order valence-corrected chi connectivity index (χ0v) is 15.1. The van der Waals surface area contributed by atoms with Gasteiger partial charge in [-0.1, -0.05) is 48.5 Å². The second-order valence-corrected chi connectivity index (χ2v) is 6.60. The Balaban J connectivity index is 1.76. The maximum Gasteiger partial charge on any atom is 0.270 e. The summed E-state index contributed by atoms with van der Waals surface area (Å²) in [6.07, 6.45) is -0.563. The van der Waals surface area contributed by atoms with Crippen LogP contribution in [0.15, 0.2) is 84.9 Å². The molecule has 1 heterocycles. The Labute approximate surface area is 162 Å². The van der Waals surface area contributed by atoms with Crippen molar-refractivity contribution < 1.29 is 9.72 Å². The number of nitrogens with zero attached hydrogens (tertiary/aromatic N) is 3. The van der Waals surface area contributed by atoms with Crippen molar-refractivity contribution in [3.8, 4) is 0 Å². The van der Waals surface area contributed by atoms with E-state index in [1.807, 2.05) is 70.5 Å². The lowest BCUT2D eigenvalue weighted by atomic mass is 10.1. The number of ketones is 1. The van der Waals surface area contributed by atoms with Crippen molar-refractivity contribution in [2.75, 3.05) is 22.9 Å². The van der Waals surface area contributed by atoms with Gasteiger partial charge in [-0.15, -0.1) is 0 Å². The molecule has 1 aliphatic rings. The number of nitro groups is 1. The van der Waals surface area contributed by atoms with Gasteiger partial charge >= 0.3 is 0 Å². The molecule has 1 saturated heterocycles. The maximum absolute atomic E-state index is 13.5. The zero-order chi connectivity index (χ0) is 19.5. The molecule has 0 amide bonds. The molecule has 28 heavy (non-hydrogen) atoms. The Kier molecular flexibility index (Phi) is 4.76. The lowest BCUT2D eigenvalue weighted by molar-refractivity contribution is -0.384. The van der Waals surface area contributed by atoms with Crippen LogP contribution in [0.4, 0.5) is 17.1 Å². The monoisotopic (exact) mass is 373 g/mol. The fraction of sp³-hybridized carbons (Fsp3) is 0.136. The number of hydrogen-bond donors (Lipinski definition) is 0. The van der Waals surface area contributed by atoms with Gasteiger partial charge in [-0.05, 0) is 24.3 Å². The van der Waals surface area contributed by atoms with Crippen molar-refractivity contribution in [3.05, 3.63) is 101 Å². The minimum Gasteiger partial charge on any atom is -0.343 e. The lowest BCUT2D eigenvalue weighted by Gasteiger charge is -2.31. The largest absolute Gasteiger partial charge is 0.343 e. The maximum atomic E-state index is 13.5. The van der Waals surface area contributed by atoms with Crippen molar-refractivity contribution in [3.63, 3.8) is 0 Å². The summed E-state index contributed by atoms with van der Waals surface area (Å²) in [6.45, 7) is 1.37. The number of nitro benzene ring substituents is 1. The number of Topliss-reactive ketones (excluding diaryl/α,β-unsaturated/α-hetero) is 1. The second-order valence-electron chi connectivity index (χ2n) is 6.60. The average Bonchev–Trinajstić information content (AvgIpc) is 3.19. The van der Waals surface area contributed by atoms with E-state index in [0.717, 1.165) is 11.4 Å². The molecule has 3 aromatic rings. The van der Waals surface area contributed by atoms with Crippen molar-refractivity contribution in [1.82, 2.24) is 0 Å². The molecule has 4 rings (SSSR count). The first-order valence-electron chi connectivity index (χ1n) is 9.07. The van der Waals surface area contributed by atoms with Gasteiger partial charge in [0.15, 0.2) is 6.17 Å². The molecule has 0 aromatic heterocycles. The van der Waals surface area contributed by atoms with Crippen molar-refractivity contribution in [1.29, 1.82) is 0 Å². The highest BCUT2D eigenvalue weighted by Gasteiger charge is 2.38. The van der Waals surface area contributed by atoms with Gasteiger partial charge in [0.25, 0.3) is 5.69 Å². The van der Waals surface area contributed by atoms with Crippen LogP contribution in [0.2, 0.25) is 0 Å². The Morgan fingerprint density at radius 3 is 1.86 bits per heavy atom. The highest BCUT2D eigenvalue weighted by Crippen LogP contribution is 2.30. The summed E-state index contributed by atoms with van der Waals surface area (Å²) < 4.78 is 0. The number of para-hydroxylation sites is 2. The van der Waals surface area contributed by atoms with Crippen LogP contribution in [0, 0.1) is 10.1 Å². The van der Waals surface area contributed by atoms with Crippen LogP contribution in [0.1, 0.15) is 10.4 Å². The molecule has 0 unspecified atom stereocenters. The van der Waals surface area contributed by atoms with Gasteiger partial charge in [0.05, 0.1) is 4.92 Å². The molecule has 3 aromatic carbocycles. The van der Waals surface area contributed by atoms with Gasteiger partial charge in [0.2, 0.25) is 5.78 Å². The number of carbonyl (C=O) groups is 1. The molecule has 1 fully saturated rings. The van der Waals surface area contributed by atoms with E-state index in [9.17, 15) is 14.9 Å². The standard InChI is InChI=1S/C22H19N3O3/c26-21(17-8-7-13-20(16-17)25(27)28)22-23(18-9-3-1-4-10-18)14-15-24(22)19-11-5-2-6-12-19/h1-13,16,22H,14-15H2. The fourth-order valence-electron chi connectivity index (χ4n) is 3.61. The smallest absolute Gasteiger partial charge is 0.270 e. The fourth-order valence-corrected chi connectivity index (χ4v) is 3.61. The first kappa shape index (κ1) is 17.7. The van der Waals surface area contributed by atoms with E-state index in [-0.39, 0.29) is 11.5 Å². The van der Waals surface area contributed by atoms with Crippen LogP contribution < -0.4 is 9.80 Å². The molecule has 6 nitrogen and oxygen atoms in total. The van der Waals surface area contributed by atoms with E-state index in [2.05, 4.69) is 0 Å². The predicted molar refractivity (Wildman–Crippen MR) is 109 cm³/mol. The van der Waals surface area contributed by atoms with E-state index >= 15 is 0 Å². The highest BCUT2D eigenvalue weighted by atomic mass is 16.6. The molecule has 6 heteroatoms. The van der Waals surface area contributed by atoms with Gasteiger partial charge in [-0.2, -0.15) is 0 Å². The molecule has 0 atom stereocenters. The number of benzene rings is 3. The van der Waals surface area contributed by atoms with Crippen LogP contribution in [-0.4, -0.2) is 30.0 Å². The Hall–Kier alpha value is -3.67. The van der Waals surface area contributed by atoms with E-state index in [0.29, 0.717) is 18.7 Å². The Morgan fingerprint density at radius 2 is 1.36 bits per heavy atom. The van der Waals surface area contributed by atoms with Crippen LogP contribution in [0.25, 0.3) is 0 Å². The zero-order valence-electron chi connectivity index (χ0n) is 15.1. The molecular formula is C22H19N3O3. The topological polar surface area (TPSA) is 66.7 Å². The summed E-state index contributed by atoms with van der Waals surface area (Å²) in [7, 11) is 0. The minimum absolute atomic E-state index is 0.0821. The van der Waals surface area contributed by atoms with Crippen LogP contribution in [0.3, 0.4) is 0 Å². The van der Waals surface area contributed by atoms with Crippen molar-refractivity contribution in [2.24, 2.45) is 0 Å². The van der Waals surface area contributed by atoms with Gasteiger partial charge < -0.3 is 9.80 Å². The number of rotatable bonds is 5. The first-order valence-corrected chi connectivity index (χ1v) is 9.07. The van der Waals surface area contributed by atoms with E-state index in [4.69, 9.17) is 0 Å². The average molecular weight is 373 g/mol. The first-order chi connectivity index (χ1) is 13.6. The SMILES string of the molecule is O=C(c1cccc([N+](=O)[O-])c1)C1N(c2ccccc2)CCN1c1ccccc1. The number of non-ortho nitro benzene ring substituents is 1. The minimum atomic E-state index is -0.563.